The molecule has 0 saturated carbocycles. The van der Waals surface area contributed by atoms with Crippen molar-refractivity contribution in [3.63, 3.8) is 0 Å². The van der Waals surface area contributed by atoms with Gasteiger partial charge in [-0.2, -0.15) is 5.26 Å². The molecule has 1 aromatic rings. The molecular weight excluding hydrogens is 340 g/mol. The van der Waals surface area contributed by atoms with E-state index in [0.29, 0.717) is 32.5 Å². The first-order chi connectivity index (χ1) is 13.2. The third kappa shape index (κ3) is 4.60. The second-order valence-corrected chi connectivity index (χ2v) is 7.65. The number of rotatable bonds is 5. The van der Waals surface area contributed by atoms with Gasteiger partial charge in [0.15, 0.2) is 0 Å². The fourth-order valence-electron chi connectivity index (χ4n) is 4.29. The van der Waals surface area contributed by atoms with E-state index in [1.807, 2.05) is 35.2 Å². The highest BCUT2D eigenvalue weighted by Gasteiger charge is 2.37. The molecule has 6 heteroatoms. The quantitative estimate of drug-likeness (QED) is 0.832. The van der Waals surface area contributed by atoms with Crippen molar-refractivity contribution in [3.05, 3.63) is 35.9 Å². The summed E-state index contributed by atoms with van der Waals surface area (Å²) in [5, 5.41) is 22.2. The highest BCUT2D eigenvalue weighted by Crippen LogP contribution is 2.34. The Morgan fingerprint density at radius 2 is 1.96 bits per heavy atom. The van der Waals surface area contributed by atoms with Gasteiger partial charge in [-0.25, -0.2) is 4.79 Å². The number of benzene rings is 1. The number of hydrogen-bond donors (Lipinski definition) is 2. The number of amides is 2. The van der Waals surface area contributed by atoms with Gasteiger partial charge in [-0.3, -0.25) is 4.90 Å². The van der Waals surface area contributed by atoms with Gasteiger partial charge >= 0.3 is 6.03 Å². The van der Waals surface area contributed by atoms with Crippen molar-refractivity contribution in [2.24, 2.45) is 0 Å². The number of aliphatic hydroxyl groups is 1. The van der Waals surface area contributed by atoms with Crippen LogP contribution in [-0.4, -0.2) is 66.3 Å². The van der Waals surface area contributed by atoms with Gasteiger partial charge in [0.25, 0.3) is 0 Å². The van der Waals surface area contributed by atoms with Gasteiger partial charge in [0.2, 0.25) is 0 Å². The number of nitrogens with zero attached hydrogens (tertiary/aromatic N) is 3. The molecule has 1 unspecified atom stereocenters. The molecule has 0 bridgehead atoms. The third-order valence-electron chi connectivity index (χ3n) is 6.08. The fourth-order valence-corrected chi connectivity index (χ4v) is 4.29. The summed E-state index contributed by atoms with van der Waals surface area (Å²) >= 11 is 0. The molecule has 2 fully saturated rings. The Labute approximate surface area is 161 Å². The molecule has 3 rings (SSSR count). The zero-order valence-corrected chi connectivity index (χ0v) is 15.9. The summed E-state index contributed by atoms with van der Waals surface area (Å²) in [4.78, 5) is 16.6. The Hall–Kier alpha value is -2.10. The highest BCUT2D eigenvalue weighted by molar-refractivity contribution is 5.74. The number of carbonyl (C=O) groups is 1. The van der Waals surface area contributed by atoms with Crippen LogP contribution in [0.1, 0.15) is 37.7 Å². The second kappa shape index (κ2) is 9.20. The predicted octanol–water partition coefficient (Wildman–Crippen LogP) is 2.10. The monoisotopic (exact) mass is 370 g/mol. The Kier molecular flexibility index (Phi) is 6.70. The maximum absolute atomic E-state index is 12.5. The van der Waals surface area contributed by atoms with E-state index in [1.54, 1.807) is 0 Å². The van der Waals surface area contributed by atoms with Crippen LogP contribution in [0.2, 0.25) is 0 Å². The normalized spacial score (nSPS) is 22.8. The number of hydrogen-bond acceptors (Lipinski definition) is 4. The minimum atomic E-state index is -0.486. The summed E-state index contributed by atoms with van der Waals surface area (Å²) in [7, 11) is 0. The smallest absolute Gasteiger partial charge is 0.317 e. The van der Waals surface area contributed by atoms with Gasteiger partial charge in [0.1, 0.15) is 0 Å². The molecule has 0 spiro atoms. The number of carbonyl (C=O) groups excluding carboxylic acids is 1. The maximum atomic E-state index is 12.5. The molecule has 2 heterocycles. The molecular formula is C21H30N4O2. The first-order valence-electron chi connectivity index (χ1n) is 10.0. The number of nitrogens with one attached hydrogen (secondary N) is 1. The van der Waals surface area contributed by atoms with E-state index >= 15 is 0 Å². The van der Waals surface area contributed by atoms with E-state index in [4.69, 9.17) is 0 Å². The van der Waals surface area contributed by atoms with Gasteiger partial charge in [0, 0.05) is 32.2 Å². The first kappa shape index (κ1) is 19.7. The molecule has 2 aliphatic heterocycles. The van der Waals surface area contributed by atoms with Crippen LogP contribution in [0.15, 0.2) is 30.3 Å². The molecule has 0 aliphatic carbocycles. The second-order valence-electron chi connectivity index (χ2n) is 7.65. The molecule has 1 aromatic carbocycles. The molecule has 2 N–H and O–H groups in total. The van der Waals surface area contributed by atoms with Crippen LogP contribution in [0.25, 0.3) is 0 Å². The number of aliphatic hydroxyl groups excluding tert-OH is 1. The van der Waals surface area contributed by atoms with E-state index in [1.165, 1.54) is 6.42 Å². The molecule has 146 valence electrons. The zero-order chi connectivity index (χ0) is 19.1. The van der Waals surface area contributed by atoms with Crippen molar-refractivity contribution in [3.8, 4) is 6.07 Å². The van der Waals surface area contributed by atoms with Gasteiger partial charge < -0.3 is 15.3 Å². The Bertz CT molecular complexity index is 650. The van der Waals surface area contributed by atoms with Crippen molar-refractivity contribution in [1.29, 1.82) is 5.26 Å². The Morgan fingerprint density at radius 3 is 2.63 bits per heavy atom. The molecule has 2 saturated heterocycles. The van der Waals surface area contributed by atoms with Crippen molar-refractivity contribution in [2.45, 2.75) is 43.6 Å². The van der Waals surface area contributed by atoms with Gasteiger partial charge in [-0.15, -0.1) is 0 Å². The van der Waals surface area contributed by atoms with Crippen LogP contribution >= 0.6 is 0 Å². The van der Waals surface area contributed by atoms with Crippen LogP contribution in [0.4, 0.5) is 4.79 Å². The van der Waals surface area contributed by atoms with Gasteiger partial charge in [0.05, 0.1) is 18.1 Å². The predicted molar refractivity (Wildman–Crippen MR) is 104 cm³/mol. The average Bonchev–Trinajstić information content (AvgIpc) is 2.74. The first-order valence-corrected chi connectivity index (χ1v) is 10.0. The summed E-state index contributed by atoms with van der Waals surface area (Å²) < 4.78 is 0. The van der Waals surface area contributed by atoms with Crippen molar-refractivity contribution < 1.29 is 9.90 Å². The summed E-state index contributed by atoms with van der Waals surface area (Å²) in [5.74, 6) is 0. The molecule has 2 amide bonds. The maximum Gasteiger partial charge on any atom is 0.317 e. The summed E-state index contributed by atoms with van der Waals surface area (Å²) in [6.45, 7) is 3.74. The van der Waals surface area contributed by atoms with E-state index in [-0.39, 0.29) is 18.7 Å². The largest absolute Gasteiger partial charge is 0.395 e. The van der Waals surface area contributed by atoms with E-state index in [9.17, 15) is 15.2 Å². The van der Waals surface area contributed by atoms with E-state index in [2.05, 4.69) is 16.3 Å². The highest BCUT2D eigenvalue weighted by atomic mass is 16.3. The molecule has 2 aliphatic rings. The zero-order valence-electron chi connectivity index (χ0n) is 15.9. The third-order valence-corrected chi connectivity index (χ3v) is 6.08. The lowest BCUT2D eigenvalue weighted by atomic mass is 9.74. The van der Waals surface area contributed by atoms with E-state index in [0.717, 1.165) is 31.5 Å². The Morgan fingerprint density at radius 1 is 1.22 bits per heavy atom. The molecule has 6 nitrogen and oxygen atoms in total. The molecule has 0 radical (unpaired) electrons. The van der Waals surface area contributed by atoms with Crippen molar-refractivity contribution >= 4 is 6.03 Å². The SMILES string of the molecule is N#CC1(c2ccccc2)CCN(C(=O)NCCN2CCCCC2CO)CC1. The van der Waals surface area contributed by atoms with Gasteiger partial charge in [-0.05, 0) is 37.8 Å². The summed E-state index contributed by atoms with van der Waals surface area (Å²) in [6, 6.07) is 12.6. The molecule has 1 atom stereocenters. The number of piperidine rings is 2. The lowest BCUT2D eigenvalue weighted by Crippen LogP contribution is -2.50. The minimum absolute atomic E-state index is 0.0489. The van der Waals surface area contributed by atoms with Crippen molar-refractivity contribution in [1.82, 2.24) is 15.1 Å². The fraction of sp³-hybridized carbons (Fsp3) is 0.619. The topological polar surface area (TPSA) is 79.6 Å². The summed E-state index contributed by atoms with van der Waals surface area (Å²) in [5.41, 5.74) is 0.563. The number of urea groups is 1. The lowest BCUT2D eigenvalue weighted by molar-refractivity contribution is 0.0907. The van der Waals surface area contributed by atoms with Gasteiger partial charge in [-0.1, -0.05) is 36.8 Å². The number of likely N-dealkylation sites (tertiary alicyclic amines) is 2. The minimum Gasteiger partial charge on any atom is -0.395 e. The Balaban J connectivity index is 1.46. The number of nitriles is 1. The lowest BCUT2D eigenvalue weighted by Gasteiger charge is -2.38. The van der Waals surface area contributed by atoms with Crippen LogP contribution < -0.4 is 5.32 Å². The molecule has 27 heavy (non-hydrogen) atoms. The van der Waals surface area contributed by atoms with E-state index < -0.39 is 5.41 Å². The standard InChI is InChI=1S/C21H30N4O2/c22-17-21(18-6-2-1-3-7-18)9-13-25(14-10-21)20(27)23-11-15-24-12-5-4-8-19(24)16-26/h1-3,6-7,19,26H,4-5,8-16H2,(H,23,27). The van der Waals surface area contributed by atoms with Crippen LogP contribution in [0.3, 0.4) is 0 Å². The van der Waals surface area contributed by atoms with Crippen LogP contribution in [0, 0.1) is 11.3 Å². The molecule has 0 aromatic heterocycles. The van der Waals surface area contributed by atoms with Crippen LogP contribution in [0.5, 0.6) is 0 Å². The van der Waals surface area contributed by atoms with Crippen molar-refractivity contribution in [2.75, 3.05) is 39.3 Å². The van der Waals surface area contributed by atoms with Crippen LogP contribution in [-0.2, 0) is 5.41 Å². The summed E-state index contributed by atoms with van der Waals surface area (Å²) in [6.07, 6.45) is 4.70. The average molecular weight is 370 g/mol.